The monoisotopic (exact) mass is 262 g/mol. The Labute approximate surface area is 112 Å². The van der Waals surface area contributed by atoms with Crippen molar-refractivity contribution in [1.29, 1.82) is 0 Å². The molecule has 4 atom stereocenters. The van der Waals surface area contributed by atoms with E-state index in [0.29, 0.717) is 25.7 Å². The third-order valence-electron chi connectivity index (χ3n) is 5.07. The van der Waals surface area contributed by atoms with Crippen molar-refractivity contribution in [2.24, 2.45) is 23.2 Å². The van der Waals surface area contributed by atoms with Gasteiger partial charge in [-0.1, -0.05) is 18.2 Å². The first-order chi connectivity index (χ1) is 9.23. The summed E-state index contributed by atoms with van der Waals surface area (Å²) in [5.74, 6) is -0.204. The predicted molar refractivity (Wildman–Crippen MR) is 67.1 cm³/mol. The largest absolute Gasteiger partial charge is 0.465 e. The number of esters is 1. The fraction of sp³-hybridized carbons (Fsp3) is 0.667. The molecule has 2 bridgehead atoms. The maximum absolute atomic E-state index is 12.6. The minimum Gasteiger partial charge on any atom is -0.465 e. The SMILES string of the molecule is CCOC(=O)[C@@]12C=CC3(OCCO3)[C@@H]1[C@@H]1C=C[C@H]2C1. The van der Waals surface area contributed by atoms with Gasteiger partial charge in [0.25, 0.3) is 0 Å². The summed E-state index contributed by atoms with van der Waals surface area (Å²) in [5.41, 5.74) is -0.570. The second-order valence-corrected chi connectivity index (χ2v) is 5.77. The van der Waals surface area contributed by atoms with Gasteiger partial charge >= 0.3 is 5.97 Å². The summed E-state index contributed by atoms with van der Waals surface area (Å²) in [6.45, 7) is 3.46. The van der Waals surface area contributed by atoms with Crippen LogP contribution in [0.5, 0.6) is 0 Å². The Kier molecular flexibility index (Phi) is 2.28. The molecule has 0 N–H and O–H groups in total. The highest BCUT2D eigenvalue weighted by atomic mass is 16.7. The molecule has 1 spiro atoms. The van der Waals surface area contributed by atoms with Gasteiger partial charge in [0.15, 0.2) is 5.79 Å². The fourth-order valence-corrected chi connectivity index (χ4v) is 4.45. The number of rotatable bonds is 2. The zero-order valence-corrected chi connectivity index (χ0v) is 11.0. The first-order valence-corrected chi connectivity index (χ1v) is 7.07. The van der Waals surface area contributed by atoms with Crippen LogP contribution in [0.25, 0.3) is 0 Å². The van der Waals surface area contributed by atoms with Crippen LogP contribution < -0.4 is 0 Å². The molecule has 0 amide bonds. The number of fused-ring (bicyclic) bond motifs is 6. The molecule has 1 aliphatic heterocycles. The molecule has 1 saturated carbocycles. The smallest absolute Gasteiger partial charge is 0.317 e. The van der Waals surface area contributed by atoms with Gasteiger partial charge < -0.3 is 14.2 Å². The van der Waals surface area contributed by atoms with E-state index in [2.05, 4.69) is 12.2 Å². The molecule has 0 radical (unpaired) electrons. The highest BCUT2D eigenvalue weighted by Crippen LogP contribution is 2.65. The topological polar surface area (TPSA) is 44.8 Å². The second kappa shape index (κ2) is 3.70. The standard InChI is InChI=1S/C15H18O4/c1-2-17-13(16)14-5-6-15(18-7-8-19-15)12(14)10-3-4-11(14)9-10/h3-6,10-12H,2,7-9H2,1H3/t10-,11+,12-,14-/m1/s1. The van der Waals surface area contributed by atoms with Crippen LogP contribution in [-0.2, 0) is 19.0 Å². The normalized spacial score (nSPS) is 44.2. The van der Waals surface area contributed by atoms with Crippen LogP contribution in [-0.4, -0.2) is 31.6 Å². The summed E-state index contributed by atoms with van der Waals surface area (Å²) < 4.78 is 17.1. The third kappa shape index (κ3) is 1.24. The van der Waals surface area contributed by atoms with Crippen LogP contribution in [0.15, 0.2) is 24.3 Å². The van der Waals surface area contributed by atoms with Gasteiger partial charge in [0.05, 0.1) is 19.8 Å². The van der Waals surface area contributed by atoms with E-state index in [1.165, 1.54) is 0 Å². The Bertz CT molecular complexity index is 475. The molecule has 0 aromatic rings. The van der Waals surface area contributed by atoms with E-state index in [9.17, 15) is 4.79 Å². The summed E-state index contributed by atoms with van der Waals surface area (Å²) in [4.78, 5) is 12.6. The van der Waals surface area contributed by atoms with Gasteiger partial charge in [-0.25, -0.2) is 0 Å². The Morgan fingerprint density at radius 3 is 2.84 bits per heavy atom. The number of carbonyl (C=O) groups excluding carboxylic acids is 1. The number of hydrogen-bond acceptors (Lipinski definition) is 4. The van der Waals surface area contributed by atoms with Crippen LogP contribution in [0.3, 0.4) is 0 Å². The molecule has 2 fully saturated rings. The Balaban J connectivity index is 1.79. The molecule has 0 aromatic carbocycles. The lowest BCUT2D eigenvalue weighted by Crippen LogP contribution is -2.48. The summed E-state index contributed by atoms with van der Waals surface area (Å²) in [5, 5.41) is 0. The quantitative estimate of drug-likeness (QED) is 0.561. The average molecular weight is 262 g/mol. The highest BCUT2D eigenvalue weighted by molar-refractivity contribution is 5.83. The maximum Gasteiger partial charge on any atom is 0.317 e. The van der Waals surface area contributed by atoms with Crippen molar-refractivity contribution in [2.45, 2.75) is 19.1 Å². The van der Waals surface area contributed by atoms with Gasteiger partial charge in [-0.15, -0.1) is 0 Å². The van der Waals surface area contributed by atoms with Crippen molar-refractivity contribution in [3.63, 3.8) is 0 Å². The Morgan fingerprint density at radius 1 is 1.32 bits per heavy atom. The highest BCUT2D eigenvalue weighted by Gasteiger charge is 2.70. The molecule has 0 aromatic heterocycles. The van der Waals surface area contributed by atoms with Gasteiger partial charge in [0, 0.05) is 5.92 Å². The summed E-state index contributed by atoms with van der Waals surface area (Å²) in [6.07, 6.45) is 9.33. The van der Waals surface area contributed by atoms with E-state index < -0.39 is 11.2 Å². The fourth-order valence-electron chi connectivity index (χ4n) is 4.45. The summed E-state index contributed by atoms with van der Waals surface area (Å²) in [6, 6.07) is 0. The van der Waals surface area contributed by atoms with Crippen LogP contribution in [0.4, 0.5) is 0 Å². The Morgan fingerprint density at radius 2 is 2.11 bits per heavy atom. The first kappa shape index (κ1) is 11.7. The number of allylic oxidation sites excluding steroid dienone is 2. The minimum atomic E-state index is -0.697. The lowest BCUT2D eigenvalue weighted by atomic mass is 9.69. The molecular formula is C15H18O4. The molecule has 4 heteroatoms. The van der Waals surface area contributed by atoms with Gasteiger partial charge in [0.1, 0.15) is 5.41 Å². The van der Waals surface area contributed by atoms with E-state index in [0.717, 1.165) is 6.42 Å². The maximum atomic E-state index is 12.6. The Hall–Kier alpha value is -1.13. The average Bonchev–Trinajstić information content (AvgIpc) is 3.15. The van der Waals surface area contributed by atoms with E-state index in [-0.39, 0.29) is 17.8 Å². The van der Waals surface area contributed by atoms with Crippen LogP contribution in [0.1, 0.15) is 13.3 Å². The van der Waals surface area contributed by atoms with Gasteiger partial charge in [0.2, 0.25) is 0 Å². The molecule has 0 unspecified atom stereocenters. The molecule has 4 rings (SSSR count). The molecule has 4 nitrogen and oxygen atoms in total. The van der Waals surface area contributed by atoms with Crippen molar-refractivity contribution in [2.75, 3.05) is 19.8 Å². The predicted octanol–water partition coefficient (Wildman–Crippen LogP) is 1.67. The lowest BCUT2D eigenvalue weighted by molar-refractivity contribution is -0.188. The van der Waals surface area contributed by atoms with Crippen molar-refractivity contribution in [3.8, 4) is 0 Å². The number of hydrogen-bond donors (Lipinski definition) is 0. The molecule has 102 valence electrons. The van der Waals surface area contributed by atoms with E-state index in [1.54, 1.807) is 0 Å². The summed E-state index contributed by atoms with van der Waals surface area (Å²) >= 11 is 0. The van der Waals surface area contributed by atoms with Crippen molar-refractivity contribution in [3.05, 3.63) is 24.3 Å². The van der Waals surface area contributed by atoms with Crippen LogP contribution in [0, 0.1) is 23.2 Å². The molecular weight excluding hydrogens is 244 g/mol. The molecule has 1 heterocycles. The van der Waals surface area contributed by atoms with Gasteiger partial charge in [-0.3, -0.25) is 4.79 Å². The minimum absolute atomic E-state index is 0.0385. The van der Waals surface area contributed by atoms with Crippen LogP contribution >= 0.6 is 0 Å². The zero-order valence-electron chi connectivity index (χ0n) is 11.0. The first-order valence-electron chi connectivity index (χ1n) is 7.07. The van der Waals surface area contributed by atoms with Gasteiger partial charge in [-0.2, -0.15) is 0 Å². The van der Waals surface area contributed by atoms with E-state index in [1.807, 2.05) is 19.1 Å². The van der Waals surface area contributed by atoms with Crippen LogP contribution in [0.2, 0.25) is 0 Å². The van der Waals surface area contributed by atoms with E-state index in [4.69, 9.17) is 14.2 Å². The third-order valence-corrected chi connectivity index (χ3v) is 5.07. The summed E-state index contributed by atoms with van der Waals surface area (Å²) in [7, 11) is 0. The van der Waals surface area contributed by atoms with E-state index >= 15 is 0 Å². The molecule has 19 heavy (non-hydrogen) atoms. The molecule has 3 aliphatic carbocycles. The second-order valence-electron chi connectivity index (χ2n) is 5.77. The van der Waals surface area contributed by atoms with Gasteiger partial charge in [-0.05, 0) is 31.3 Å². The van der Waals surface area contributed by atoms with Crippen molar-refractivity contribution < 1.29 is 19.0 Å². The van der Waals surface area contributed by atoms with Crippen molar-refractivity contribution >= 4 is 5.97 Å². The number of ether oxygens (including phenoxy) is 3. The number of carbonyl (C=O) groups is 1. The molecule has 1 saturated heterocycles. The van der Waals surface area contributed by atoms with Crippen molar-refractivity contribution in [1.82, 2.24) is 0 Å². The molecule has 4 aliphatic rings. The zero-order chi connectivity index (χ0) is 13.1. The lowest BCUT2D eigenvalue weighted by Gasteiger charge is -2.39.